The number of nitrogens with two attached hydrogens (primary N) is 1. The molecule has 1 rings (SSSR count). The molecule has 0 spiro atoms. The average molecular weight is 355 g/mol. The molecule has 0 atom stereocenters. The first-order valence-corrected chi connectivity index (χ1v) is 5.44. The number of primary amides is 1. The van der Waals surface area contributed by atoms with Crippen LogP contribution in [0.1, 0.15) is 0 Å². The molecule has 1 aromatic rings. The molecule has 0 aliphatic carbocycles. The highest BCUT2D eigenvalue weighted by atomic mass is 127. The monoisotopic (exact) mass is 354 g/mol. The van der Waals surface area contributed by atoms with Crippen molar-refractivity contribution in [3.8, 4) is 0 Å². The number of hydrogen-bond donors (Lipinski definition) is 2. The van der Waals surface area contributed by atoms with E-state index >= 15 is 0 Å². The molecular weight excluding hydrogens is 347 g/mol. The van der Waals surface area contributed by atoms with Gasteiger partial charge in [-0.15, -0.1) is 0 Å². The van der Waals surface area contributed by atoms with Crippen LogP contribution in [0.2, 0.25) is 0 Å². The van der Waals surface area contributed by atoms with Crippen molar-refractivity contribution in [3.63, 3.8) is 0 Å². The van der Waals surface area contributed by atoms with E-state index in [1.54, 1.807) is 0 Å². The van der Waals surface area contributed by atoms with Gasteiger partial charge in [-0.2, -0.15) is 0 Å². The zero-order valence-corrected chi connectivity index (χ0v) is 10.4. The molecule has 3 N–H and O–H groups in total. The van der Waals surface area contributed by atoms with Gasteiger partial charge in [0.25, 0.3) is 0 Å². The summed E-state index contributed by atoms with van der Waals surface area (Å²) < 4.78 is 2.06. The van der Waals surface area contributed by atoms with Gasteiger partial charge < -0.3 is 11.1 Å². The van der Waals surface area contributed by atoms with Crippen LogP contribution in [0, 0.1) is 3.57 Å². The summed E-state index contributed by atoms with van der Waals surface area (Å²) in [5.74, 6) is -0.370. The first kappa shape index (κ1) is 10.8. The summed E-state index contributed by atoms with van der Waals surface area (Å²) in [6.45, 7) is 0.152. The van der Waals surface area contributed by atoms with Gasteiger partial charge in [-0.05, 0) is 56.7 Å². The molecule has 5 heteroatoms. The van der Waals surface area contributed by atoms with E-state index in [2.05, 4.69) is 43.8 Å². The standard InChI is InChI=1S/C8H8BrIN2O/c9-6-3-5(10)1-2-7(6)12-4-8(11)13/h1-3,12H,4H2,(H2,11,13). The van der Waals surface area contributed by atoms with E-state index in [0.717, 1.165) is 13.7 Å². The molecule has 1 amide bonds. The minimum Gasteiger partial charge on any atom is -0.375 e. The zero-order chi connectivity index (χ0) is 9.84. The second-order valence-electron chi connectivity index (χ2n) is 2.44. The molecule has 70 valence electrons. The number of benzene rings is 1. The van der Waals surface area contributed by atoms with Crippen LogP contribution in [0.4, 0.5) is 5.69 Å². The van der Waals surface area contributed by atoms with Crippen LogP contribution in [0.25, 0.3) is 0 Å². The van der Waals surface area contributed by atoms with Crippen LogP contribution in [0.15, 0.2) is 22.7 Å². The molecular formula is C8H8BrIN2O. The van der Waals surface area contributed by atoms with Crippen LogP contribution >= 0.6 is 38.5 Å². The van der Waals surface area contributed by atoms with Gasteiger partial charge in [-0.3, -0.25) is 4.79 Å². The summed E-state index contributed by atoms with van der Waals surface area (Å²) >= 11 is 5.59. The van der Waals surface area contributed by atoms with Crippen molar-refractivity contribution in [1.82, 2.24) is 0 Å². The van der Waals surface area contributed by atoms with Gasteiger partial charge in [0.05, 0.1) is 6.54 Å². The van der Waals surface area contributed by atoms with E-state index in [4.69, 9.17) is 5.73 Å². The number of anilines is 1. The molecule has 0 heterocycles. The lowest BCUT2D eigenvalue weighted by Gasteiger charge is -2.06. The smallest absolute Gasteiger partial charge is 0.236 e. The molecule has 0 saturated carbocycles. The first-order chi connectivity index (χ1) is 6.09. The summed E-state index contributed by atoms with van der Waals surface area (Å²) in [6, 6.07) is 5.81. The number of carbonyl (C=O) groups excluding carboxylic acids is 1. The van der Waals surface area contributed by atoms with Crippen molar-refractivity contribution in [2.24, 2.45) is 5.73 Å². The van der Waals surface area contributed by atoms with Crippen molar-refractivity contribution < 1.29 is 4.79 Å². The highest BCUT2D eigenvalue weighted by Gasteiger charge is 2.00. The molecule has 0 aliphatic rings. The van der Waals surface area contributed by atoms with Crippen molar-refractivity contribution >= 4 is 50.1 Å². The fraction of sp³-hybridized carbons (Fsp3) is 0.125. The Kier molecular flexibility index (Phi) is 3.98. The number of rotatable bonds is 3. The Morgan fingerprint density at radius 2 is 2.31 bits per heavy atom. The van der Waals surface area contributed by atoms with Gasteiger partial charge >= 0.3 is 0 Å². The summed E-state index contributed by atoms with van der Waals surface area (Å²) in [5, 5.41) is 2.91. The maximum absolute atomic E-state index is 10.5. The summed E-state index contributed by atoms with van der Waals surface area (Å²) in [5.41, 5.74) is 5.88. The molecule has 0 radical (unpaired) electrons. The topological polar surface area (TPSA) is 55.1 Å². The Labute approximate surface area is 98.3 Å². The number of amides is 1. The SMILES string of the molecule is NC(=O)CNc1ccc(I)cc1Br. The summed E-state index contributed by atoms with van der Waals surface area (Å²) in [6.07, 6.45) is 0. The van der Waals surface area contributed by atoms with Crippen molar-refractivity contribution in [2.75, 3.05) is 11.9 Å². The fourth-order valence-corrected chi connectivity index (χ4v) is 2.25. The Hall–Kier alpha value is -0.300. The zero-order valence-electron chi connectivity index (χ0n) is 6.68. The van der Waals surface area contributed by atoms with Gasteiger partial charge in [-0.1, -0.05) is 0 Å². The third kappa shape index (κ3) is 3.51. The quantitative estimate of drug-likeness (QED) is 0.815. The highest BCUT2D eigenvalue weighted by molar-refractivity contribution is 14.1. The van der Waals surface area contributed by atoms with E-state index in [1.807, 2.05) is 18.2 Å². The van der Waals surface area contributed by atoms with Gasteiger partial charge in [0.2, 0.25) is 5.91 Å². The molecule has 0 fully saturated rings. The van der Waals surface area contributed by atoms with E-state index in [-0.39, 0.29) is 12.5 Å². The van der Waals surface area contributed by atoms with Crippen molar-refractivity contribution in [2.45, 2.75) is 0 Å². The normalized spacial score (nSPS) is 9.69. The number of halogens is 2. The minimum absolute atomic E-state index is 0.152. The third-order valence-corrected chi connectivity index (χ3v) is 2.71. The Morgan fingerprint density at radius 1 is 1.62 bits per heavy atom. The average Bonchev–Trinajstić information content (AvgIpc) is 2.02. The van der Waals surface area contributed by atoms with Gasteiger partial charge in [-0.25, -0.2) is 0 Å². The van der Waals surface area contributed by atoms with Crippen LogP contribution in [0.5, 0.6) is 0 Å². The van der Waals surface area contributed by atoms with Crippen LogP contribution in [-0.2, 0) is 4.79 Å². The maximum Gasteiger partial charge on any atom is 0.236 e. The Balaban J connectivity index is 2.72. The summed E-state index contributed by atoms with van der Waals surface area (Å²) in [4.78, 5) is 10.5. The Bertz CT molecular complexity index is 330. The van der Waals surface area contributed by atoms with Gasteiger partial charge in [0.15, 0.2) is 0 Å². The number of carbonyl (C=O) groups is 1. The highest BCUT2D eigenvalue weighted by Crippen LogP contribution is 2.23. The van der Waals surface area contributed by atoms with Gasteiger partial charge in [0.1, 0.15) is 0 Å². The predicted molar refractivity (Wildman–Crippen MR) is 64.5 cm³/mol. The van der Waals surface area contributed by atoms with Crippen LogP contribution < -0.4 is 11.1 Å². The number of nitrogens with one attached hydrogen (secondary N) is 1. The molecule has 0 aliphatic heterocycles. The fourth-order valence-electron chi connectivity index (χ4n) is 0.815. The molecule has 0 bridgehead atoms. The predicted octanol–water partition coefficient (Wildman–Crippen LogP) is 1.95. The molecule has 3 nitrogen and oxygen atoms in total. The molecule has 1 aromatic carbocycles. The Morgan fingerprint density at radius 3 is 2.85 bits per heavy atom. The van der Waals surface area contributed by atoms with Crippen LogP contribution in [-0.4, -0.2) is 12.5 Å². The molecule has 0 aromatic heterocycles. The molecule has 13 heavy (non-hydrogen) atoms. The summed E-state index contributed by atoms with van der Waals surface area (Å²) in [7, 11) is 0. The second kappa shape index (κ2) is 4.80. The lowest BCUT2D eigenvalue weighted by Crippen LogP contribution is -2.21. The minimum atomic E-state index is -0.370. The third-order valence-electron chi connectivity index (χ3n) is 1.38. The maximum atomic E-state index is 10.5. The first-order valence-electron chi connectivity index (χ1n) is 3.57. The van der Waals surface area contributed by atoms with Gasteiger partial charge in [0, 0.05) is 13.7 Å². The van der Waals surface area contributed by atoms with E-state index in [0.29, 0.717) is 0 Å². The molecule has 0 unspecified atom stereocenters. The van der Waals surface area contributed by atoms with Crippen molar-refractivity contribution in [3.05, 3.63) is 26.2 Å². The van der Waals surface area contributed by atoms with Crippen LogP contribution in [0.3, 0.4) is 0 Å². The lowest BCUT2D eigenvalue weighted by atomic mass is 10.3. The molecule has 0 saturated heterocycles. The number of hydrogen-bond acceptors (Lipinski definition) is 2. The van der Waals surface area contributed by atoms with E-state index in [9.17, 15) is 4.79 Å². The van der Waals surface area contributed by atoms with E-state index in [1.165, 1.54) is 0 Å². The van der Waals surface area contributed by atoms with E-state index < -0.39 is 0 Å². The largest absolute Gasteiger partial charge is 0.375 e. The van der Waals surface area contributed by atoms with Crippen molar-refractivity contribution in [1.29, 1.82) is 0 Å². The second-order valence-corrected chi connectivity index (χ2v) is 4.54. The lowest BCUT2D eigenvalue weighted by molar-refractivity contribution is -0.116.